The van der Waals surface area contributed by atoms with Gasteiger partial charge in [0.05, 0.1) is 0 Å². The van der Waals surface area contributed by atoms with Crippen LogP contribution in [0.25, 0.3) is 38.5 Å². The second kappa shape index (κ2) is 12.0. The molecule has 0 radical (unpaired) electrons. The maximum Gasteiger partial charge on any atom is 0.0471 e. The van der Waals surface area contributed by atoms with Gasteiger partial charge in [0, 0.05) is 33.7 Å². The quantitative estimate of drug-likeness (QED) is 0.192. The summed E-state index contributed by atoms with van der Waals surface area (Å²) in [6.45, 7) is 10.4. The highest BCUT2D eigenvalue weighted by atomic mass is 14.8. The third kappa shape index (κ3) is 6.08. The van der Waals surface area contributed by atoms with Gasteiger partial charge in [0.25, 0.3) is 0 Å². The van der Waals surface area contributed by atoms with Gasteiger partial charge in [0.15, 0.2) is 0 Å². The molecule has 0 bridgehead atoms. The van der Waals surface area contributed by atoms with E-state index in [0.29, 0.717) is 0 Å². The normalized spacial score (nSPS) is 12.3. The summed E-state index contributed by atoms with van der Waals surface area (Å²) in [7, 11) is 0. The van der Waals surface area contributed by atoms with Crippen molar-refractivity contribution in [3.8, 4) is 11.1 Å². The van der Waals surface area contributed by atoms with E-state index in [4.69, 9.17) is 0 Å². The van der Waals surface area contributed by atoms with Crippen LogP contribution in [-0.4, -0.2) is 4.98 Å². The van der Waals surface area contributed by atoms with Gasteiger partial charge in [-0.25, -0.2) is 0 Å². The van der Waals surface area contributed by atoms with Crippen molar-refractivity contribution in [2.45, 2.75) is 6.92 Å². The number of aromatic amines is 1. The van der Waals surface area contributed by atoms with Gasteiger partial charge in [0.2, 0.25) is 0 Å². The number of benzene rings is 4. The number of nitrogens with one attached hydrogen (secondary N) is 2. The molecule has 4 aromatic carbocycles. The maximum absolute atomic E-state index is 4.22. The monoisotopic (exact) mass is 504 g/mol. The molecule has 39 heavy (non-hydrogen) atoms. The molecule has 0 amide bonds. The fraction of sp³-hybridized carbons (Fsp3) is 0.0270. The Morgan fingerprint density at radius 1 is 0.667 bits per heavy atom. The highest BCUT2D eigenvalue weighted by Crippen LogP contribution is 2.29. The van der Waals surface area contributed by atoms with Crippen LogP contribution in [0.1, 0.15) is 12.5 Å². The second-order valence-corrected chi connectivity index (χ2v) is 9.39. The molecule has 0 unspecified atom stereocenters. The number of rotatable bonds is 9. The van der Waals surface area contributed by atoms with Crippen molar-refractivity contribution in [1.82, 2.24) is 4.98 Å². The Hall–Kier alpha value is -5.08. The fourth-order valence-electron chi connectivity index (χ4n) is 4.50. The van der Waals surface area contributed by atoms with Crippen LogP contribution in [0.3, 0.4) is 0 Å². The Bertz CT molecular complexity index is 1740. The number of H-pyrrole nitrogens is 1. The highest BCUT2D eigenvalue weighted by Gasteiger charge is 2.07. The molecule has 5 rings (SSSR count). The summed E-state index contributed by atoms with van der Waals surface area (Å²) in [6, 6.07) is 33.9. The second-order valence-electron chi connectivity index (χ2n) is 9.39. The van der Waals surface area contributed by atoms with Crippen molar-refractivity contribution in [2.24, 2.45) is 0 Å². The minimum Gasteiger partial charge on any atom is -0.361 e. The zero-order valence-corrected chi connectivity index (χ0v) is 22.2. The lowest BCUT2D eigenvalue weighted by molar-refractivity contribution is 1.52. The molecule has 2 heteroatoms. The van der Waals surface area contributed by atoms with E-state index in [1.807, 2.05) is 49.6 Å². The van der Waals surface area contributed by atoms with E-state index in [1.54, 1.807) is 0 Å². The molecule has 0 saturated heterocycles. The van der Waals surface area contributed by atoms with E-state index in [0.717, 1.165) is 39.0 Å². The van der Waals surface area contributed by atoms with E-state index in [-0.39, 0.29) is 0 Å². The van der Waals surface area contributed by atoms with Crippen molar-refractivity contribution < 1.29 is 0 Å². The van der Waals surface area contributed by atoms with E-state index in [2.05, 4.69) is 121 Å². The Labute approximate surface area is 230 Å². The Kier molecular flexibility index (Phi) is 7.85. The first kappa shape index (κ1) is 25.6. The van der Waals surface area contributed by atoms with Crippen LogP contribution >= 0.6 is 0 Å². The molecule has 2 nitrogen and oxygen atoms in total. The number of fused-ring (bicyclic) bond motifs is 3. The number of allylic oxidation sites excluding steroid dienone is 9. The van der Waals surface area contributed by atoms with Gasteiger partial charge in [-0.15, -0.1) is 0 Å². The van der Waals surface area contributed by atoms with Gasteiger partial charge in [-0.1, -0.05) is 122 Å². The van der Waals surface area contributed by atoms with Gasteiger partial charge in [-0.2, -0.15) is 0 Å². The van der Waals surface area contributed by atoms with Crippen LogP contribution in [0.15, 0.2) is 164 Å². The van der Waals surface area contributed by atoms with Crippen LogP contribution in [0.4, 0.5) is 5.69 Å². The number of para-hydroxylation sites is 1. The van der Waals surface area contributed by atoms with Crippen molar-refractivity contribution >= 4 is 33.1 Å². The first-order valence-corrected chi connectivity index (χ1v) is 13.1. The number of hydrogen-bond donors (Lipinski definition) is 2. The summed E-state index contributed by atoms with van der Waals surface area (Å²) in [4.78, 5) is 3.56. The molecule has 1 aromatic heterocycles. The predicted molar refractivity (Wildman–Crippen MR) is 171 cm³/mol. The van der Waals surface area contributed by atoms with Gasteiger partial charge < -0.3 is 10.3 Å². The van der Waals surface area contributed by atoms with Crippen LogP contribution in [0.2, 0.25) is 0 Å². The molecule has 0 spiro atoms. The van der Waals surface area contributed by atoms with Crippen LogP contribution in [-0.2, 0) is 0 Å². The zero-order valence-electron chi connectivity index (χ0n) is 22.2. The number of anilines is 1. The molecule has 0 atom stereocenters. The van der Waals surface area contributed by atoms with Crippen molar-refractivity contribution in [2.75, 3.05) is 5.32 Å². The van der Waals surface area contributed by atoms with Crippen molar-refractivity contribution in [1.29, 1.82) is 0 Å². The summed E-state index contributed by atoms with van der Waals surface area (Å²) >= 11 is 0. The minimum atomic E-state index is 0.862. The molecule has 0 saturated carbocycles. The lowest BCUT2D eigenvalue weighted by atomic mass is 10.0. The first-order chi connectivity index (χ1) is 19.1. The average molecular weight is 505 g/mol. The maximum atomic E-state index is 4.22. The Balaban J connectivity index is 1.45. The van der Waals surface area contributed by atoms with Crippen LogP contribution < -0.4 is 5.32 Å². The van der Waals surface area contributed by atoms with E-state index >= 15 is 0 Å². The van der Waals surface area contributed by atoms with Crippen molar-refractivity contribution in [3.05, 3.63) is 170 Å². The van der Waals surface area contributed by atoms with E-state index in [9.17, 15) is 0 Å². The summed E-state index contributed by atoms with van der Waals surface area (Å²) in [6.07, 6.45) is 14.1. The van der Waals surface area contributed by atoms with Gasteiger partial charge in [-0.05, 0) is 64.6 Å². The third-order valence-corrected chi connectivity index (χ3v) is 6.70. The number of aromatic nitrogens is 1. The third-order valence-electron chi connectivity index (χ3n) is 6.70. The van der Waals surface area contributed by atoms with Gasteiger partial charge in [-0.3, -0.25) is 0 Å². The predicted octanol–water partition coefficient (Wildman–Crippen LogP) is 10.2. The van der Waals surface area contributed by atoms with Crippen LogP contribution in [0, 0.1) is 0 Å². The smallest absolute Gasteiger partial charge is 0.0471 e. The molecule has 0 aliphatic heterocycles. The molecular formula is C37H32N2. The molecule has 0 aliphatic rings. The largest absolute Gasteiger partial charge is 0.361 e. The molecule has 5 aromatic rings. The van der Waals surface area contributed by atoms with Crippen molar-refractivity contribution in [3.63, 3.8) is 0 Å². The summed E-state index contributed by atoms with van der Waals surface area (Å²) in [5.41, 5.74) is 9.53. The number of hydrogen-bond acceptors (Lipinski definition) is 1. The lowest BCUT2D eigenvalue weighted by Crippen LogP contribution is -1.92. The zero-order chi connectivity index (χ0) is 27.0. The standard InChI is InChI=1S/C37H32N2/c1-4-5-7-12-27(2)28(3)17-18-32(26-38-33-22-19-30(20-23-33)29-13-8-6-9-14-29)31-21-24-35-34-15-10-11-16-36(34)39-37(35)25-31/h4-26,38-39H,2-3H2,1H3/b5-4-,12-7-,18-17-,32-26+. The fourth-order valence-corrected chi connectivity index (χ4v) is 4.50. The SMILES string of the molecule is C=C(/C=C\C=C/C)C(=C)/C=C\C(=C/Nc1ccc(-c2ccccc2)cc1)c1ccc2c(c1)[nH]c1ccccc12. The Morgan fingerprint density at radius 3 is 2.15 bits per heavy atom. The molecule has 0 aliphatic carbocycles. The molecule has 0 fully saturated rings. The Morgan fingerprint density at radius 2 is 1.36 bits per heavy atom. The lowest BCUT2D eigenvalue weighted by Gasteiger charge is -2.08. The summed E-state index contributed by atoms with van der Waals surface area (Å²) in [5.74, 6) is 0. The molecular weight excluding hydrogens is 472 g/mol. The van der Waals surface area contributed by atoms with E-state index < -0.39 is 0 Å². The van der Waals surface area contributed by atoms with E-state index in [1.165, 1.54) is 21.9 Å². The average Bonchev–Trinajstić information content (AvgIpc) is 3.36. The minimum absolute atomic E-state index is 0.862. The van der Waals surface area contributed by atoms with Crippen LogP contribution in [0.5, 0.6) is 0 Å². The summed E-state index contributed by atoms with van der Waals surface area (Å²) in [5, 5.41) is 5.94. The molecule has 2 N–H and O–H groups in total. The molecule has 1 heterocycles. The first-order valence-electron chi connectivity index (χ1n) is 13.1. The highest BCUT2D eigenvalue weighted by molar-refractivity contribution is 6.08. The summed E-state index contributed by atoms with van der Waals surface area (Å²) < 4.78 is 0. The van der Waals surface area contributed by atoms with Gasteiger partial charge >= 0.3 is 0 Å². The van der Waals surface area contributed by atoms with Gasteiger partial charge in [0.1, 0.15) is 0 Å². The topological polar surface area (TPSA) is 27.8 Å². The molecule has 190 valence electrons.